The van der Waals surface area contributed by atoms with Crippen LogP contribution >= 0.6 is 15.9 Å². The molecule has 18 heavy (non-hydrogen) atoms. The molecule has 0 heterocycles. The van der Waals surface area contributed by atoms with Gasteiger partial charge in [0.15, 0.2) is 0 Å². The number of hydrogen-bond acceptors (Lipinski definition) is 2. The van der Waals surface area contributed by atoms with Crippen molar-refractivity contribution in [1.29, 1.82) is 0 Å². The Morgan fingerprint density at radius 1 is 1.33 bits per heavy atom. The molecule has 0 aromatic heterocycles. The van der Waals surface area contributed by atoms with Crippen LogP contribution in [0.15, 0.2) is 28.7 Å². The summed E-state index contributed by atoms with van der Waals surface area (Å²) in [5.41, 5.74) is 1.16. The lowest BCUT2D eigenvalue weighted by atomic mass is 10.2. The molecule has 1 aromatic carbocycles. The molecule has 100 valence electrons. The maximum Gasteiger partial charge on any atom is 0.236 e. The molecule has 1 unspecified atom stereocenters. The Hall–Kier alpha value is -0.870. The maximum absolute atomic E-state index is 11.8. The van der Waals surface area contributed by atoms with Crippen LogP contribution in [0.25, 0.3) is 0 Å². The number of nitrogens with one attached hydrogen (secondary N) is 2. The number of carbonyl (C=O) groups excluding carboxylic acids is 1. The molecule has 1 atom stereocenters. The predicted octanol–water partition coefficient (Wildman–Crippen LogP) is 2.70. The van der Waals surface area contributed by atoms with E-state index < -0.39 is 0 Å². The van der Waals surface area contributed by atoms with Gasteiger partial charge in [0.25, 0.3) is 0 Å². The van der Waals surface area contributed by atoms with Crippen LogP contribution < -0.4 is 10.6 Å². The fourth-order valence-corrected chi connectivity index (χ4v) is 1.92. The third-order valence-electron chi connectivity index (χ3n) is 2.58. The molecule has 1 aromatic rings. The Labute approximate surface area is 117 Å². The Bertz CT molecular complexity index is 393. The van der Waals surface area contributed by atoms with Crippen molar-refractivity contribution in [3.05, 3.63) is 34.3 Å². The van der Waals surface area contributed by atoms with Gasteiger partial charge in [-0.15, -0.1) is 0 Å². The van der Waals surface area contributed by atoms with E-state index in [-0.39, 0.29) is 11.9 Å². The maximum atomic E-state index is 11.8. The van der Waals surface area contributed by atoms with E-state index in [9.17, 15) is 4.79 Å². The van der Waals surface area contributed by atoms with Crippen molar-refractivity contribution in [3.63, 3.8) is 0 Å². The quantitative estimate of drug-likeness (QED) is 0.848. The second-order valence-electron chi connectivity index (χ2n) is 4.87. The third-order valence-corrected chi connectivity index (χ3v) is 3.07. The number of halogens is 1. The summed E-state index contributed by atoms with van der Waals surface area (Å²) in [6, 6.07) is 7.89. The van der Waals surface area contributed by atoms with Crippen molar-refractivity contribution < 1.29 is 4.79 Å². The highest BCUT2D eigenvalue weighted by atomic mass is 79.9. The lowest BCUT2D eigenvalue weighted by molar-refractivity contribution is -0.122. The molecule has 0 saturated carbocycles. The summed E-state index contributed by atoms with van der Waals surface area (Å²) in [5, 5.41) is 6.14. The molecule has 0 radical (unpaired) electrons. The number of carbonyl (C=O) groups is 1. The lowest BCUT2D eigenvalue weighted by Gasteiger charge is -2.15. The van der Waals surface area contributed by atoms with Crippen molar-refractivity contribution in [2.75, 3.05) is 6.54 Å². The van der Waals surface area contributed by atoms with E-state index in [1.807, 2.05) is 31.2 Å². The lowest BCUT2D eigenvalue weighted by Crippen LogP contribution is -2.42. The van der Waals surface area contributed by atoms with Crippen molar-refractivity contribution >= 4 is 21.8 Å². The monoisotopic (exact) mass is 312 g/mol. The van der Waals surface area contributed by atoms with Crippen LogP contribution in [-0.2, 0) is 11.3 Å². The fraction of sp³-hybridized carbons (Fsp3) is 0.500. The minimum atomic E-state index is -0.178. The Kier molecular flexibility index (Phi) is 6.36. The zero-order valence-electron chi connectivity index (χ0n) is 11.2. The number of hydrogen-bond donors (Lipinski definition) is 2. The SMILES string of the molecule is CC(C)CNC(=O)C(C)NCc1cccc(Br)c1. The second kappa shape index (κ2) is 7.54. The van der Waals surface area contributed by atoms with Crippen molar-refractivity contribution in [1.82, 2.24) is 10.6 Å². The molecule has 1 amide bonds. The Balaban J connectivity index is 2.36. The zero-order chi connectivity index (χ0) is 13.5. The summed E-state index contributed by atoms with van der Waals surface area (Å²) >= 11 is 3.43. The van der Waals surface area contributed by atoms with Gasteiger partial charge in [0.2, 0.25) is 5.91 Å². The van der Waals surface area contributed by atoms with E-state index in [4.69, 9.17) is 0 Å². The van der Waals surface area contributed by atoms with Crippen LogP contribution in [0, 0.1) is 5.92 Å². The molecule has 3 nitrogen and oxygen atoms in total. The minimum Gasteiger partial charge on any atom is -0.354 e. The Morgan fingerprint density at radius 3 is 2.67 bits per heavy atom. The highest BCUT2D eigenvalue weighted by Crippen LogP contribution is 2.11. The van der Waals surface area contributed by atoms with Crippen LogP contribution in [0.2, 0.25) is 0 Å². The molecule has 1 rings (SSSR count). The van der Waals surface area contributed by atoms with Gasteiger partial charge in [0.05, 0.1) is 6.04 Å². The number of benzene rings is 1. The highest BCUT2D eigenvalue weighted by Gasteiger charge is 2.11. The summed E-state index contributed by atoms with van der Waals surface area (Å²) in [5.74, 6) is 0.532. The molecule has 0 aliphatic rings. The van der Waals surface area contributed by atoms with Crippen molar-refractivity contribution in [3.8, 4) is 0 Å². The minimum absolute atomic E-state index is 0.0543. The molecule has 4 heteroatoms. The average molecular weight is 313 g/mol. The molecule has 2 N–H and O–H groups in total. The fourth-order valence-electron chi connectivity index (χ4n) is 1.47. The summed E-state index contributed by atoms with van der Waals surface area (Å²) in [6.45, 7) is 7.46. The second-order valence-corrected chi connectivity index (χ2v) is 5.79. The van der Waals surface area contributed by atoms with Gasteiger partial charge in [-0.25, -0.2) is 0 Å². The molecule has 0 spiro atoms. The normalized spacial score (nSPS) is 12.5. The smallest absolute Gasteiger partial charge is 0.236 e. The third kappa shape index (κ3) is 5.65. The van der Waals surface area contributed by atoms with Gasteiger partial charge < -0.3 is 10.6 Å². The van der Waals surface area contributed by atoms with E-state index in [0.717, 1.165) is 16.6 Å². The van der Waals surface area contributed by atoms with Crippen LogP contribution in [0.4, 0.5) is 0 Å². The first-order valence-corrected chi connectivity index (χ1v) is 7.04. The molecule has 0 saturated heterocycles. The van der Waals surface area contributed by atoms with Crippen molar-refractivity contribution in [2.24, 2.45) is 5.92 Å². The first-order chi connectivity index (χ1) is 8.49. The summed E-state index contributed by atoms with van der Waals surface area (Å²) in [6.07, 6.45) is 0. The van der Waals surface area contributed by atoms with Crippen molar-refractivity contribution in [2.45, 2.75) is 33.4 Å². The van der Waals surface area contributed by atoms with E-state index in [0.29, 0.717) is 12.5 Å². The van der Waals surface area contributed by atoms with E-state index in [2.05, 4.69) is 40.4 Å². The predicted molar refractivity (Wildman–Crippen MR) is 78.3 cm³/mol. The zero-order valence-corrected chi connectivity index (χ0v) is 12.8. The Morgan fingerprint density at radius 2 is 2.06 bits per heavy atom. The van der Waals surface area contributed by atoms with Gasteiger partial charge >= 0.3 is 0 Å². The highest BCUT2D eigenvalue weighted by molar-refractivity contribution is 9.10. The van der Waals surface area contributed by atoms with Gasteiger partial charge in [-0.05, 0) is 30.5 Å². The molecule has 0 aliphatic carbocycles. The molecule has 0 bridgehead atoms. The number of rotatable bonds is 6. The first kappa shape index (κ1) is 15.2. The largest absolute Gasteiger partial charge is 0.354 e. The standard InChI is InChI=1S/C14H21BrN2O/c1-10(2)8-17-14(18)11(3)16-9-12-5-4-6-13(15)7-12/h4-7,10-11,16H,8-9H2,1-3H3,(H,17,18). The van der Waals surface area contributed by atoms with Crippen LogP contribution in [0.3, 0.4) is 0 Å². The van der Waals surface area contributed by atoms with Gasteiger partial charge in [0.1, 0.15) is 0 Å². The summed E-state index contributed by atoms with van der Waals surface area (Å²) in [7, 11) is 0. The van der Waals surface area contributed by atoms with E-state index >= 15 is 0 Å². The van der Waals surface area contributed by atoms with Crippen LogP contribution in [0.5, 0.6) is 0 Å². The van der Waals surface area contributed by atoms with Gasteiger partial charge in [-0.2, -0.15) is 0 Å². The summed E-state index contributed by atoms with van der Waals surface area (Å²) < 4.78 is 1.05. The first-order valence-electron chi connectivity index (χ1n) is 6.24. The number of amides is 1. The average Bonchev–Trinajstić information content (AvgIpc) is 2.33. The van der Waals surface area contributed by atoms with Crippen LogP contribution in [0.1, 0.15) is 26.3 Å². The van der Waals surface area contributed by atoms with Gasteiger partial charge in [0, 0.05) is 17.6 Å². The van der Waals surface area contributed by atoms with E-state index in [1.54, 1.807) is 0 Å². The molecule has 0 aliphatic heterocycles. The van der Waals surface area contributed by atoms with E-state index in [1.165, 1.54) is 0 Å². The topological polar surface area (TPSA) is 41.1 Å². The van der Waals surface area contributed by atoms with Crippen LogP contribution in [-0.4, -0.2) is 18.5 Å². The molecular weight excluding hydrogens is 292 g/mol. The summed E-state index contributed by atoms with van der Waals surface area (Å²) in [4.78, 5) is 11.8. The molecule has 0 fully saturated rings. The molecular formula is C14H21BrN2O. The van der Waals surface area contributed by atoms with Gasteiger partial charge in [-0.1, -0.05) is 41.9 Å². The van der Waals surface area contributed by atoms with Gasteiger partial charge in [-0.3, -0.25) is 4.79 Å².